The number of pyridine rings is 1. The Bertz CT molecular complexity index is 871. The summed E-state index contributed by atoms with van der Waals surface area (Å²) in [6, 6.07) is 3.98. The molecule has 1 aliphatic carbocycles. The van der Waals surface area contributed by atoms with Gasteiger partial charge in [0.25, 0.3) is 0 Å². The lowest BCUT2D eigenvalue weighted by atomic mass is 9.86. The van der Waals surface area contributed by atoms with Crippen LogP contribution < -0.4 is 9.47 Å². The molecule has 5 heteroatoms. The second kappa shape index (κ2) is 4.47. The van der Waals surface area contributed by atoms with E-state index in [1.807, 2.05) is 24.5 Å². The summed E-state index contributed by atoms with van der Waals surface area (Å²) in [5.41, 5.74) is 5.78. The summed E-state index contributed by atoms with van der Waals surface area (Å²) in [5, 5.41) is 8.10. The van der Waals surface area contributed by atoms with Crippen LogP contribution in [0.4, 0.5) is 0 Å². The van der Waals surface area contributed by atoms with E-state index in [0.29, 0.717) is 6.79 Å². The maximum atomic E-state index is 5.73. The fourth-order valence-corrected chi connectivity index (χ4v) is 3.60. The number of nitrogens with zero attached hydrogens (tertiary/aromatic N) is 2. The van der Waals surface area contributed by atoms with Crippen molar-refractivity contribution >= 4 is 10.9 Å². The van der Waals surface area contributed by atoms with Crippen LogP contribution >= 0.6 is 0 Å². The van der Waals surface area contributed by atoms with Gasteiger partial charge >= 0.3 is 0 Å². The fraction of sp³-hybridized carbons (Fsp3) is 0.294. The van der Waals surface area contributed by atoms with E-state index >= 15 is 0 Å². The number of hydrogen-bond acceptors (Lipinski definition) is 4. The Hall–Kier alpha value is -2.56. The van der Waals surface area contributed by atoms with E-state index in [2.05, 4.69) is 10.2 Å². The summed E-state index contributed by atoms with van der Waals surface area (Å²) in [4.78, 5) is 4.91. The highest BCUT2D eigenvalue weighted by molar-refractivity contribution is 5.94. The molecule has 1 aromatic carbocycles. The second-order valence-electron chi connectivity index (χ2n) is 5.81. The fourth-order valence-electron chi connectivity index (χ4n) is 3.60. The third kappa shape index (κ3) is 1.59. The number of benzene rings is 1. The number of ether oxygens (including phenoxy) is 2. The SMILES string of the molecule is c1n[nH]cc1-c1nc2ccc3c(c2c2c1CCCC2)OCO3. The minimum Gasteiger partial charge on any atom is -0.454 e. The van der Waals surface area contributed by atoms with Gasteiger partial charge in [-0.3, -0.25) is 5.10 Å². The Morgan fingerprint density at radius 3 is 2.82 bits per heavy atom. The van der Waals surface area contributed by atoms with Gasteiger partial charge in [-0.1, -0.05) is 0 Å². The maximum absolute atomic E-state index is 5.73. The van der Waals surface area contributed by atoms with Crippen LogP contribution in [0.3, 0.4) is 0 Å². The van der Waals surface area contributed by atoms with Crippen LogP contribution in [0.25, 0.3) is 22.2 Å². The molecule has 5 nitrogen and oxygen atoms in total. The summed E-state index contributed by atoms with van der Waals surface area (Å²) in [7, 11) is 0. The number of nitrogens with one attached hydrogen (secondary N) is 1. The van der Waals surface area contributed by atoms with Crippen LogP contribution in [-0.4, -0.2) is 22.0 Å². The van der Waals surface area contributed by atoms with Crippen molar-refractivity contribution in [2.45, 2.75) is 25.7 Å². The summed E-state index contributed by atoms with van der Waals surface area (Å²) in [6.07, 6.45) is 8.30. The minimum absolute atomic E-state index is 0.298. The van der Waals surface area contributed by atoms with Crippen molar-refractivity contribution in [2.24, 2.45) is 0 Å². The third-order valence-electron chi connectivity index (χ3n) is 4.58. The number of H-pyrrole nitrogens is 1. The van der Waals surface area contributed by atoms with Crippen molar-refractivity contribution in [2.75, 3.05) is 6.79 Å². The van der Waals surface area contributed by atoms with Crippen LogP contribution in [-0.2, 0) is 12.8 Å². The van der Waals surface area contributed by atoms with Gasteiger partial charge < -0.3 is 9.47 Å². The van der Waals surface area contributed by atoms with Crippen molar-refractivity contribution < 1.29 is 9.47 Å². The van der Waals surface area contributed by atoms with Gasteiger partial charge in [0.1, 0.15) is 0 Å². The summed E-state index contributed by atoms with van der Waals surface area (Å²) in [6.45, 7) is 0.298. The van der Waals surface area contributed by atoms with Gasteiger partial charge in [0.05, 0.1) is 17.4 Å². The van der Waals surface area contributed by atoms with Gasteiger partial charge in [-0.25, -0.2) is 4.98 Å². The van der Waals surface area contributed by atoms with E-state index in [-0.39, 0.29) is 0 Å². The Morgan fingerprint density at radius 1 is 1.05 bits per heavy atom. The van der Waals surface area contributed by atoms with Crippen LogP contribution in [0.1, 0.15) is 24.0 Å². The molecule has 1 N–H and O–H groups in total. The summed E-state index contributed by atoms with van der Waals surface area (Å²) < 4.78 is 11.3. The van der Waals surface area contributed by atoms with Crippen LogP contribution in [0.5, 0.6) is 11.5 Å². The molecule has 0 bridgehead atoms. The molecule has 0 saturated carbocycles. The molecule has 110 valence electrons. The monoisotopic (exact) mass is 293 g/mol. The van der Waals surface area contributed by atoms with Crippen LogP contribution in [0.2, 0.25) is 0 Å². The van der Waals surface area contributed by atoms with E-state index in [9.17, 15) is 0 Å². The third-order valence-corrected chi connectivity index (χ3v) is 4.58. The lowest BCUT2D eigenvalue weighted by Crippen LogP contribution is -2.08. The molecule has 0 radical (unpaired) electrons. The normalized spacial score (nSPS) is 16.0. The lowest BCUT2D eigenvalue weighted by molar-refractivity contribution is 0.175. The molecule has 0 spiro atoms. The van der Waals surface area contributed by atoms with Gasteiger partial charge in [0.15, 0.2) is 11.5 Å². The molecule has 2 aromatic heterocycles. The number of aryl methyl sites for hydroxylation is 1. The van der Waals surface area contributed by atoms with E-state index in [1.54, 1.807) is 0 Å². The van der Waals surface area contributed by atoms with E-state index in [1.165, 1.54) is 24.0 Å². The topological polar surface area (TPSA) is 60.0 Å². The number of rotatable bonds is 1. The number of aromatic amines is 1. The van der Waals surface area contributed by atoms with Gasteiger partial charge in [-0.2, -0.15) is 5.10 Å². The first kappa shape index (κ1) is 12.0. The molecule has 0 amide bonds. The quantitative estimate of drug-likeness (QED) is 0.748. The highest BCUT2D eigenvalue weighted by Crippen LogP contribution is 2.44. The largest absolute Gasteiger partial charge is 0.454 e. The molecule has 3 aromatic rings. The average molecular weight is 293 g/mol. The van der Waals surface area contributed by atoms with Crippen molar-refractivity contribution in [3.05, 3.63) is 35.7 Å². The first-order valence-electron chi connectivity index (χ1n) is 7.65. The van der Waals surface area contributed by atoms with E-state index < -0.39 is 0 Å². The second-order valence-corrected chi connectivity index (χ2v) is 5.81. The first-order valence-corrected chi connectivity index (χ1v) is 7.65. The first-order chi connectivity index (χ1) is 10.9. The Balaban J connectivity index is 1.88. The number of hydrogen-bond donors (Lipinski definition) is 1. The predicted octanol–water partition coefficient (Wildman–Crippen LogP) is 3.23. The van der Waals surface area contributed by atoms with Crippen LogP contribution in [0, 0.1) is 0 Å². The van der Waals surface area contributed by atoms with Crippen molar-refractivity contribution in [1.29, 1.82) is 0 Å². The molecule has 1 aliphatic heterocycles. The smallest absolute Gasteiger partial charge is 0.231 e. The maximum Gasteiger partial charge on any atom is 0.231 e. The van der Waals surface area contributed by atoms with Crippen molar-refractivity contribution in [3.8, 4) is 22.8 Å². The molecule has 0 unspecified atom stereocenters. The molecule has 0 fully saturated rings. The van der Waals surface area contributed by atoms with Gasteiger partial charge in [0.2, 0.25) is 6.79 Å². The number of aromatic nitrogens is 3. The zero-order valence-electron chi connectivity index (χ0n) is 12.1. The predicted molar refractivity (Wildman–Crippen MR) is 82.1 cm³/mol. The molecule has 22 heavy (non-hydrogen) atoms. The molecule has 2 aliphatic rings. The highest BCUT2D eigenvalue weighted by atomic mass is 16.7. The summed E-state index contributed by atoms with van der Waals surface area (Å²) in [5.74, 6) is 1.69. The standard InChI is InChI=1S/C17H15N3O2/c1-2-4-12-11(3-1)15-13(5-6-14-17(15)22-9-21-14)20-16(12)10-7-18-19-8-10/h5-8H,1-4,9H2,(H,18,19). The van der Waals surface area contributed by atoms with Crippen LogP contribution in [0.15, 0.2) is 24.5 Å². The zero-order chi connectivity index (χ0) is 14.5. The van der Waals surface area contributed by atoms with E-state index in [4.69, 9.17) is 14.5 Å². The molecule has 0 atom stereocenters. The Morgan fingerprint density at radius 2 is 1.95 bits per heavy atom. The Labute approximate surface area is 127 Å². The van der Waals surface area contributed by atoms with Gasteiger partial charge in [-0.05, 0) is 48.9 Å². The minimum atomic E-state index is 0.298. The molecule has 3 heterocycles. The number of fused-ring (bicyclic) bond motifs is 5. The molecule has 5 rings (SSSR count). The van der Waals surface area contributed by atoms with Crippen molar-refractivity contribution in [1.82, 2.24) is 15.2 Å². The highest BCUT2D eigenvalue weighted by Gasteiger charge is 2.25. The zero-order valence-corrected chi connectivity index (χ0v) is 12.1. The molecule has 0 saturated heterocycles. The summed E-state index contributed by atoms with van der Waals surface area (Å²) >= 11 is 0. The average Bonchev–Trinajstić information content (AvgIpc) is 3.25. The van der Waals surface area contributed by atoms with Crippen molar-refractivity contribution in [3.63, 3.8) is 0 Å². The van der Waals surface area contributed by atoms with Gasteiger partial charge in [-0.15, -0.1) is 0 Å². The molecular weight excluding hydrogens is 278 g/mol. The van der Waals surface area contributed by atoms with Gasteiger partial charge in [0, 0.05) is 17.1 Å². The lowest BCUT2D eigenvalue weighted by Gasteiger charge is -2.21. The molecular formula is C17H15N3O2. The van der Waals surface area contributed by atoms with E-state index in [0.717, 1.165) is 46.5 Å². The Kier molecular flexibility index (Phi) is 2.44.